The van der Waals surface area contributed by atoms with Crippen LogP contribution < -0.4 is 11.2 Å². The molecule has 6 aliphatic carbocycles. The van der Waals surface area contributed by atoms with E-state index < -0.39 is 0 Å². The molecule has 0 aromatic carbocycles. The summed E-state index contributed by atoms with van der Waals surface area (Å²) >= 11 is 8.82. The smallest absolute Gasteiger partial charge is 0.184 e. The van der Waals surface area contributed by atoms with Crippen LogP contribution in [0, 0.1) is 47.3 Å². The molecule has 5 heteroatoms. The van der Waals surface area contributed by atoms with Gasteiger partial charge < -0.3 is 5.73 Å². The molecule has 6 saturated carbocycles. The minimum Gasteiger partial charge on any atom is -0.375 e. The van der Waals surface area contributed by atoms with Crippen LogP contribution in [-0.2, 0) is 0 Å². The van der Waals surface area contributed by atoms with Crippen LogP contribution in [0.25, 0.3) is 0 Å². The fourth-order valence-corrected chi connectivity index (χ4v) is 7.97. The lowest BCUT2D eigenvalue weighted by atomic mass is 9.71. The van der Waals surface area contributed by atoms with E-state index in [1.165, 1.54) is 12.1 Å². The maximum atomic E-state index is 5.49. The highest BCUT2D eigenvalue weighted by Gasteiger charge is 2.82. The fraction of sp³-hybridized carbons (Fsp3) is 0.833. The third-order valence-corrected chi connectivity index (χ3v) is 7.65. The summed E-state index contributed by atoms with van der Waals surface area (Å²) in [6.45, 7) is 0. The highest BCUT2D eigenvalue weighted by atomic mass is 79.9. The van der Waals surface area contributed by atoms with Gasteiger partial charge in [0.15, 0.2) is 5.11 Å². The van der Waals surface area contributed by atoms with Gasteiger partial charge in [0, 0.05) is 22.4 Å². The van der Waals surface area contributed by atoms with Crippen molar-refractivity contribution < 1.29 is 0 Å². The SMILES string of the molecule is NC(=S)N/N=C1/[C@H]2[C@H]3[C@H]4C[C@@H]5[C@@H]3[C@@H](Br)[C@@H]2[C@@H]5[C@@H]14. The van der Waals surface area contributed by atoms with Crippen molar-refractivity contribution in [2.24, 2.45) is 58.2 Å². The van der Waals surface area contributed by atoms with E-state index in [1.807, 2.05) is 0 Å². The second-order valence-electron chi connectivity index (χ2n) is 6.38. The summed E-state index contributed by atoms with van der Waals surface area (Å²) in [5.41, 5.74) is 9.73. The third kappa shape index (κ3) is 0.820. The maximum absolute atomic E-state index is 5.49. The molecule has 0 heterocycles. The van der Waals surface area contributed by atoms with Crippen molar-refractivity contribution in [3.8, 4) is 0 Å². The molecule has 6 bridgehead atoms. The molecule has 6 fully saturated rings. The molecule has 0 unspecified atom stereocenters. The van der Waals surface area contributed by atoms with Crippen molar-refractivity contribution in [2.45, 2.75) is 11.2 Å². The molecule has 0 amide bonds. The molecule has 0 aliphatic heterocycles. The first-order chi connectivity index (χ1) is 8.20. The van der Waals surface area contributed by atoms with Gasteiger partial charge in [-0.2, -0.15) is 5.10 Å². The topological polar surface area (TPSA) is 50.4 Å². The maximum Gasteiger partial charge on any atom is 0.184 e. The number of rotatable bonds is 1. The first kappa shape index (κ1) is 9.73. The van der Waals surface area contributed by atoms with Gasteiger partial charge in [0.25, 0.3) is 0 Å². The highest BCUT2D eigenvalue weighted by Crippen LogP contribution is 2.82. The van der Waals surface area contributed by atoms with Gasteiger partial charge in [0.1, 0.15) is 0 Å². The van der Waals surface area contributed by atoms with E-state index >= 15 is 0 Å². The molecule has 17 heavy (non-hydrogen) atoms. The molecule has 6 rings (SSSR count). The average molecular weight is 312 g/mol. The quantitative estimate of drug-likeness (QED) is 0.436. The van der Waals surface area contributed by atoms with E-state index in [2.05, 4.69) is 26.5 Å². The van der Waals surface area contributed by atoms with Gasteiger partial charge in [0.2, 0.25) is 0 Å². The van der Waals surface area contributed by atoms with Gasteiger partial charge in [-0.3, -0.25) is 5.43 Å². The molecule has 0 aromatic heterocycles. The molecule has 0 aromatic rings. The predicted molar refractivity (Wildman–Crippen MR) is 72.6 cm³/mol. The van der Waals surface area contributed by atoms with Crippen LogP contribution in [0.3, 0.4) is 0 Å². The molecule has 3 N–H and O–H groups in total. The molecule has 6 aliphatic rings. The van der Waals surface area contributed by atoms with Crippen LogP contribution in [0.15, 0.2) is 5.10 Å². The first-order valence-corrected chi connectivity index (χ1v) is 7.79. The van der Waals surface area contributed by atoms with Crippen molar-refractivity contribution in [2.75, 3.05) is 0 Å². The minimum atomic E-state index is 0.297. The van der Waals surface area contributed by atoms with Gasteiger partial charge >= 0.3 is 0 Å². The van der Waals surface area contributed by atoms with Crippen molar-refractivity contribution in [1.29, 1.82) is 0 Å². The Morgan fingerprint density at radius 1 is 1.24 bits per heavy atom. The van der Waals surface area contributed by atoms with Gasteiger partial charge in [0.05, 0.1) is 0 Å². The number of hydrazone groups is 1. The molecule has 3 nitrogen and oxygen atoms in total. The van der Waals surface area contributed by atoms with E-state index in [-0.39, 0.29) is 0 Å². The Labute approximate surface area is 114 Å². The summed E-state index contributed by atoms with van der Waals surface area (Å²) in [6.07, 6.45) is 1.46. The van der Waals surface area contributed by atoms with E-state index in [0.29, 0.717) is 5.11 Å². The zero-order valence-corrected chi connectivity index (χ0v) is 11.6. The van der Waals surface area contributed by atoms with Crippen LogP contribution in [0.5, 0.6) is 0 Å². The van der Waals surface area contributed by atoms with Gasteiger partial charge in [-0.05, 0) is 54.1 Å². The molecular weight excluding hydrogens is 298 g/mol. The van der Waals surface area contributed by atoms with Crippen LogP contribution in [0.4, 0.5) is 0 Å². The lowest BCUT2D eigenvalue weighted by molar-refractivity contribution is 0.132. The fourth-order valence-electron chi connectivity index (χ4n) is 6.49. The minimum absolute atomic E-state index is 0.297. The standard InChI is InChI=1S/C12H14BrN3S/c13-10-6-2-1-3-4(6)9-8(10)5(2)7(3)11(9)15-16-12(14)17/h2-10H,1H2,(H3,14,16,17)/b15-11+/t2-,3+,4-,5-,6-,7-,8+,9-,10+/m0/s1. The molecule has 90 valence electrons. The second-order valence-corrected chi connectivity index (χ2v) is 7.88. The monoisotopic (exact) mass is 311 g/mol. The van der Waals surface area contributed by atoms with Crippen LogP contribution >= 0.6 is 28.1 Å². The summed E-state index contributed by atoms with van der Waals surface area (Å²) in [7, 11) is 0. The molecule has 0 radical (unpaired) electrons. The Morgan fingerprint density at radius 3 is 2.71 bits per heavy atom. The summed E-state index contributed by atoms with van der Waals surface area (Å²) < 4.78 is 0. The predicted octanol–water partition coefficient (Wildman–Crippen LogP) is 1.33. The molecular formula is C12H14BrN3S. The summed E-state index contributed by atoms with van der Waals surface area (Å²) in [4.78, 5) is 0.764. The third-order valence-electron chi connectivity index (χ3n) is 6.34. The lowest BCUT2D eigenvalue weighted by Gasteiger charge is -2.32. The zero-order chi connectivity index (χ0) is 11.5. The number of thiocarbonyl (C=S) groups is 1. The van der Waals surface area contributed by atoms with Crippen molar-refractivity contribution >= 4 is 39.0 Å². The Morgan fingerprint density at radius 2 is 2.00 bits per heavy atom. The first-order valence-electron chi connectivity index (χ1n) is 6.47. The highest BCUT2D eigenvalue weighted by molar-refractivity contribution is 9.09. The average Bonchev–Trinajstić information content (AvgIpc) is 2.97. The largest absolute Gasteiger partial charge is 0.375 e. The number of nitrogens with zero attached hydrogens (tertiary/aromatic N) is 1. The van der Waals surface area contributed by atoms with Crippen LogP contribution in [0.2, 0.25) is 0 Å². The van der Waals surface area contributed by atoms with Gasteiger partial charge in [-0.15, -0.1) is 0 Å². The van der Waals surface area contributed by atoms with Crippen LogP contribution in [0.1, 0.15) is 6.42 Å². The Bertz CT molecular complexity index is 476. The second kappa shape index (κ2) is 2.72. The Hall–Kier alpha value is -0.160. The number of hydrogen-bond acceptors (Lipinski definition) is 2. The van der Waals surface area contributed by atoms with E-state index in [1.54, 1.807) is 0 Å². The normalized spacial score (nSPS) is 65.7. The van der Waals surface area contributed by atoms with Gasteiger partial charge in [-0.1, -0.05) is 15.9 Å². The number of nitrogens with two attached hydrogens (primary N) is 1. The van der Waals surface area contributed by atoms with E-state index in [0.717, 1.165) is 52.2 Å². The van der Waals surface area contributed by atoms with Crippen molar-refractivity contribution in [3.05, 3.63) is 0 Å². The molecule has 0 saturated heterocycles. The van der Waals surface area contributed by atoms with Crippen molar-refractivity contribution in [1.82, 2.24) is 5.43 Å². The van der Waals surface area contributed by atoms with Crippen LogP contribution in [-0.4, -0.2) is 15.7 Å². The van der Waals surface area contributed by atoms with E-state index in [4.69, 9.17) is 18.0 Å². The Balaban J connectivity index is 1.62. The number of hydrogen-bond donors (Lipinski definition) is 2. The lowest BCUT2D eigenvalue weighted by Crippen LogP contribution is -2.30. The Kier molecular flexibility index (Phi) is 1.55. The van der Waals surface area contributed by atoms with E-state index in [9.17, 15) is 0 Å². The number of halogens is 1. The number of nitrogens with one attached hydrogen (secondary N) is 1. The molecule has 9 atom stereocenters. The molecule has 0 spiro atoms. The summed E-state index contributed by atoms with van der Waals surface area (Å²) in [6, 6.07) is 0. The zero-order valence-electron chi connectivity index (χ0n) is 9.21. The number of alkyl halides is 1. The summed E-state index contributed by atoms with van der Waals surface area (Å²) in [5.74, 6) is 7.11. The van der Waals surface area contributed by atoms with Gasteiger partial charge in [-0.25, -0.2) is 0 Å². The summed E-state index contributed by atoms with van der Waals surface area (Å²) in [5, 5.41) is 4.85. The van der Waals surface area contributed by atoms with Crippen molar-refractivity contribution in [3.63, 3.8) is 0 Å².